The van der Waals surface area contributed by atoms with Crippen LogP contribution in [0, 0.1) is 0 Å². The van der Waals surface area contributed by atoms with E-state index >= 15 is 0 Å². The molecule has 33 heavy (non-hydrogen) atoms. The molecule has 1 saturated carbocycles. The lowest BCUT2D eigenvalue weighted by molar-refractivity contribution is 0.0899. The highest BCUT2D eigenvalue weighted by Crippen LogP contribution is 2.32. The second kappa shape index (κ2) is 9.65. The topological polar surface area (TPSA) is 101 Å². The average Bonchev–Trinajstić information content (AvgIpc) is 3.37. The molecular weight excluding hydrogens is 458 g/mol. The predicted molar refractivity (Wildman–Crippen MR) is 130 cm³/mol. The van der Waals surface area contributed by atoms with E-state index in [2.05, 4.69) is 34.7 Å². The molecule has 4 rings (SSSR count). The summed E-state index contributed by atoms with van der Waals surface area (Å²) >= 11 is 0. The molecule has 0 aromatic carbocycles. The fraction of sp³-hybridized carbons (Fsp3) is 0.591. The molecule has 0 spiro atoms. The van der Waals surface area contributed by atoms with Crippen molar-refractivity contribution in [3.05, 3.63) is 31.0 Å². The highest BCUT2D eigenvalue weighted by Gasteiger charge is 2.26. The molecule has 1 aliphatic carbocycles. The van der Waals surface area contributed by atoms with E-state index in [1.807, 2.05) is 33.9 Å². The van der Waals surface area contributed by atoms with Crippen LogP contribution >= 0.6 is 0 Å². The Labute approximate surface area is 196 Å². The zero-order valence-corrected chi connectivity index (χ0v) is 21.6. The van der Waals surface area contributed by atoms with Gasteiger partial charge in [0.25, 0.3) is 10.1 Å². The van der Waals surface area contributed by atoms with Gasteiger partial charge in [-0.15, -0.1) is 0 Å². The molecule has 3 aromatic heterocycles. The molecule has 11 heteroatoms. The molecule has 0 unspecified atom stereocenters. The Bertz CT molecular complexity index is 1190. The zero-order valence-electron chi connectivity index (χ0n) is 19.8. The number of aromatic nitrogens is 5. The Balaban J connectivity index is 1.43. The number of fused-ring (bicyclic) bond motifs is 1. The van der Waals surface area contributed by atoms with E-state index in [1.165, 1.54) is 0 Å². The lowest BCUT2D eigenvalue weighted by Gasteiger charge is -2.27. The molecule has 0 bridgehead atoms. The summed E-state index contributed by atoms with van der Waals surface area (Å²) in [6, 6.07) is 3.38. The lowest BCUT2D eigenvalue weighted by atomic mass is 9.93. The molecule has 0 N–H and O–H groups in total. The SMILES string of the molecule is C[Si](C)(C)CCOCn1ccc2c(-c3cnn(C4CCC(OS(C)(=O)=O)CC4)c3)ncnc21. The molecule has 1 fully saturated rings. The molecule has 9 nitrogen and oxygen atoms in total. The van der Waals surface area contributed by atoms with E-state index in [0.29, 0.717) is 19.6 Å². The van der Waals surface area contributed by atoms with Crippen LogP contribution in [0.2, 0.25) is 25.7 Å². The van der Waals surface area contributed by atoms with Crippen molar-refractivity contribution in [1.82, 2.24) is 24.3 Å². The highest BCUT2D eigenvalue weighted by atomic mass is 32.2. The molecular formula is C22H33N5O4SSi. The summed E-state index contributed by atoms with van der Waals surface area (Å²) in [5, 5.41) is 5.55. The fourth-order valence-corrected chi connectivity index (χ4v) is 5.64. The van der Waals surface area contributed by atoms with Gasteiger partial charge in [-0.3, -0.25) is 8.86 Å². The monoisotopic (exact) mass is 491 g/mol. The minimum Gasteiger partial charge on any atom is -0.361 e. The Morgan fingerprint density at radius 2 is 1.91 bits per heavy atom. The van der Waals surface area contributed by atoms with Gasteiger partial charge in [-0.2, -0.15) is 13.5 Å². The number of hydrogen-bond acceptors (Lipinski definition) is 7. The summed E-state index contributed by atoms with van der Waals surface area (Å²) in [6.45, 7) is 8.27. The summed E-state index contributed by atoms with van der Waals surface area (Å²) in [5.74, 6) is 0. The first kappa shape index (κ1) is 24.1. The van der Waals surface area contributed by atoms with Gasteiger partial charge in [0.15, 0.2) is 0 Å². The largest absolute Gasteiger partial charge is 0.361 e. The zero-order chi connectivity index (χ0) is 23.6. The van der Waals surface area contributed by atoms with E-state index < -0.39 is 18.2 Å². The third-order valence-electron chi connectivity index (χ3n) is 5.99. The standard InChI is InChI=1S/C22H33N5O4SSi/c1-32(28,29)31-19-7-5-18(6-8-19)27-14-17(13-25-27)21-20-9-10-26(22(20)24-15-23-21)16-30-11-12-33(2,3)4/h9-10,13-15,18-19H,5-8,11-12,16H2,1-4H3. The van der Waals surface area contributed by atoms with Crippen LogP contribution in [0.4, 0.5) is 0 Å². The van der Waals surface area contributed by atoms with Crippen LogP contribution in [0.1, 0.15) is 31.7 Å². The maximum atomic E-state index is 11.4. The van der Waals surface area contributed by atoms with Crippen LogP contribution in [0.5, 0.6) is 0 Å². The Hall–Kier alpha value is -2.08. The van der Waals surface area contributed by atoms with Crippen molar-refractivity contribution in [2.75, 3.05) is 12.9 Å². The second-order valence-electron chi connectivity index (χ2n) is 10.0. The van der Waals surface area contributed by atoms with Gasteiger partial charge in [0.05, 0.1) is 30.3 Å². The minimum atomic E-state index is -3.42. The maximum Gasteiger partial charge on any atom is 0.264 e. The van der Waals surface area contributed by atoms with Crippen LogP contribution in [-0.4, -0.2) is 59.8 Å². The number of hydrogen-bond donors (Lipinski definition) is 0. The van der Waals surface area contributed by atoms with Crippen molar-refractivity contribution in [3.63, 3.8) is 0 Å². The summed E-state index contributed by atoms with van der Waals surface area (Å²) in [6.07, 6.45) is 11.4. The molecule has 0 saturated heterocycles. The van der Waals surface area contributed by atoms with Gasteiger partial charge >= 0.3 is 0 Å². The van der Waals surface area contributed by atoms with Crippen LogP contribution in [-0.2, 0) is 25.8 Å². The normalized spacial score (nSPS) is 19.9. The van der Waals surface area contributed by atoms with Gasteiger partial charge in [-0.1, -0.05) is 19.6 Å². The fourth-order valence-electron chi connectivity index (χ4n) is 4.19. The molecule has 180 valence electrons. The second-order valence-corrected chi connectivity index (χ2v) is 17.3. The summed E-state index contributed by atoms with van der Waals surface area (Å²) < 4.78 is 37.8. The van der Waals surface area contributed by atoms with E-state index in [4.69, 9.17) is 8.92 Å². The van der Waals surface area contributed by atoms with E-state index in [1.54, 1.807) is 6.33 Å². The van der Waals surface area contributed by atoms with E-state index in [-0.39, 0.29) is 12.1 Å². The summed E-state index contributed by atoms with van der Waals surface area (Å²) in [7, 11) is -4.53. The van der Waals surface area contributed by atoms with Crippen LogP contribution in [0.3, 0.4) is 0 Å². The van der Waals surface area contributed by atoms with Crippen molar-refractivity contribution in [3.8, 4) is 11.3 Å². The van der Waals surface area contributed by atoms with Gasteiger partial charge in [-0.25, -0.2) is 9.97 Å². The van der Waals surface area contributed by atoms with Crippen molar-refractivity contribution in [1.29, 1.82) is 0 Å². The average molecular weight is 492 g/mol. The third kappa shape index (κ3) is 6.28. The molecule has 3 heterocycles. The van der Waals surface area contributed by atoms with Crippen molar-refractivity contribution >= 4 is 29.2 Å². The highest BCUT2D eigenvalue weighted by molar-refractivity contribution is 7.86. The van der Waals surface area contributed by atoms with E-state index in [9.17, 15) is 8.42 Å². The minimum absolute atomic E-state index is 0.222. The first-order chi connectivity index (χ1) is 15.6. The number of ether oxygens (including phenoxy) is 1. The molecule has 3 aromatic rings. The quantitative estimate of drug-likeness (QED) is 0.253. The molecule has 0 radical (unpaired) electrons. The van der Waals surface area contributed by atoms with Gasteiger partial charge < -0.3 is 9.30 Å². The van der Waals surface area contributed by atoms with Crippen LogP contribution in [0.25, 0.3) is 22.3 Å². The van der Waals surface area contributed by atoms with Crippen molar-refractivity contribution in [2.24, 2.45) is 0 Å². The smallest absolute Gasteiger partial charge is 0.264 e. The molecule has 1 aliphatic rings. The maximum absolute atomic E-state index is 11.4. The third-order valence-corrected chi connectivity index (χ3v) is 8.31. The first-order valence-corrected chi connectivity index (χ1v) is 16.9. The number of nitrogens with zero attached hydrogens (tertiary/aromatic N) is 5. The van der Waals surface area contributed by atoms with Gasteiger partial charge in [-0.05, 0) is 37.8 Å². The molecule has 0 atom stereocenters. The Kier molecular flexibility index (Phi) is 7.03. The molecule has 0 amide bonds. The Morgan fingerprint density at radius 3 is 2.61 bits per heavy atom. The van der Waals surface area contributed by atoms with Gasteiger partial charge in [0.1, 0.15) is 18.7 Å². The molecule has 0 aliphatic heterocycles. The lowest BCUT2D eigenvalue weighted by Crippen LogP contribution is -2.25. The number of rotatable bonds is 9. The van der Waals surface area contributed by atoms with Gasteiger partial charge in [0, 0.05) is 38.0 Å². The van der Waals surface area contributed by atoms with Gasteiger partial charge in [0.2, 0.25) is 0 Å². The van der Waals surface area contributed by atoms with Crippen molar-refractivity contribution in [2.45, 2.75) is 70.2 Å². The van der Waals surface area contributed by atoms with Crippen LogP contribution in [0.15, 0.2) is 31.0 Å². The summed E-state index contributed by atoms with van der Waals surface area (Å²) in [5.41, 5.74) is 2.63. The van der Waals surface area contributed by atoms with Crippen LogP contribution < -0.4 is 0 Å². The first-order valence-electron chi connectivity index (χ1n) is 11.4. The predicted octanol–water partition coefficient (Wildman–Crippen LogP) is 4.07. The Morgan fingerprint density at radius 1 is 1.15 bits per heavy atom. The van der Waals surface area contributed by atoms with E-state index in [0.717, 1.165) is 54.0 Å². The van der Waals surface area contributed by atoms with Crippen molar-refractivity contribution < 1.29 is 17.3 Å². The summed E-state index contributed by atoms with van der Waals surface area (Å²) in [4.78, 5) is 9.01.